The Bertz CT molecular complexity index is 750. The number of hydrogen-bond donors (Lipinski definition) is 2. The summed E-state index contributed by atoms with van der Waals surface area (Å²) in [6, 6.07) is 4.07. The highest BCUT2D eigenvalue weighted by Gasteiger charge is 2.32. The van der Waals surface area contributed by atoms with Gasteiger partial charge in [-0.2, -0.15) is 0 Å². The largest absolute Gasteiger partial charge is 0.382 e. The Morgan fingerprint density at radius 2 is 1.76 bits per heavy atom. The predicted octanol–water partition coefficient (Wildman–Crippen LogP) is 0.787. The monoisotopic (exact) mass is 332 g/mol. The molecule has 0 aliphatic heterocycles. The van der Waals surface area contributed by atoms with E-state index in [0.717, 1.165) is 31.8 Å². The lowest BCUT2D eigenvalue weighted by Crippen LogP contribution is -2.52. The molecule has 21 heavy (non-hydrogen) atoms. The molecule has 3 N–H and O–H groups in total. The molecule has 1 saturated carbocycles. The fourth-order valence-electron chi connectivity index (χ4n) is 2.27. The van der Waals surface area contributed by atoms with Crippen molar-refractivity contribution in [2.75, 3.05) is 24.4 Å². The third-order valence-corrected chi connectivity index (χ3v) is 6.01. The van der Waals surface area contributed by atoms with Crippen LogP contribution in [0.25, 0.3) is 0 Å². The first-order valence-electron chi connectivity index (χ1n) is 6.58. The number of hydrogen-bond acceptors (Lipinski definition) is 6. The summed E-state index contributed by atoms with van der Waals surface area (Å²) < 4.78 is 46.9. The Hall–Kier alpha value is -1.12. The van der Waals surface area contributed by atoms with Crippen LogP contribution in [0.3, 0.4) is 0 Å². The first kappa shape index (κ1) is 16.3. The Morgan fingerprint density at radius 3 is 2.19 bits per heavy atom. The van der Waals surface area contributed by atoms with Gasteiger partial charge in [-0.15, -0.1) is 0 Å². The van der Waals surface area contributed by atoms with Gasteiger partial charge < -0.3 is 11.1 Å². The molecule has 0 spiro atoms. The first-order valence-corrected chi connectivity index (χ1v) is 10.4. The Balaban J connectivity index is 2.36. The summed E-state index contributed by atoms with van der Waals surface area (Å²) in [6.07, 6.45) is 4.97. The summed E-state index contributed by atoms with van der Waals surface area (Å²) in [5.41, 5.74) is 6.19. The topological polar surface area (TPSA) is 106 Å². The van der Waals surface area contributed by atoms with Crippen LogP contribution in [0.4, 0.5) is 5.69 Å². The molecule has 1 aromatic carbocycles. The number of anilines is 1. The molecule has 0 atom stereocenters. The molecule has 0 heterocycles. The molecule has 6 nitrogen and oxygen atoms in total. The van der Waals surface area contributed by atoms with Gasteiger partial charge >= 0.3 is 0 Å². The van der Waals surface area contributed by atoms with Gasteiger partial charge in [-0.25, -0.2) is 16.8 Å². The highest BCUT2D eigenvalue weighted by molar-refractivity contribution is 7.91. The Kier molecular flexibility index (Phi) is 4.07. The predicted molar refractivity (Wildman–Crippen MR) is 81.9 cm³/mol. The van der Waals surface area contributed by atoms with Crippen molar-refractivity contribution >= 4 is 25.4 Å². The second-order valence-corrected chi connectivity index (χ2v) is 9.77. The molecule has 1 aromatic rings. The van der Waals surface area contributed by atoms with E-state index >= 15 is 0 Å². The van der Waals surface area contributed by atoms with Crippen molar-refractivity contribution in [1.29, 1.82) is 0 Å². The number of sulfone groups is 2. The van der Waals surface area contributed by atoms with Crippen LogP contribution >= 0.6 is 0 Å². The Morgan fingerprint density at radius 1 is 1.14 bits per heavy atom. The van der Waals surface area contributed by atoms with Crippen molar-refractivity contribution in [3.05, 3.63) is 18.2 Å². The second-order valence-electron chi connectivity index (χ2n) is 5.77. The third kappa shape index (κ3) is 3.75. The quantitative estimate of drug-likeness (QED) is 0.825. The van der Waals surface area contributed by atoms with E-state index in [2.05, 4.69) is 5.32 Å². The van der Waals surface area contributed by atoms with Crippen molar-refractivity contribution in [3.8, 4) is 0 Å². The standard InChI is InChI=1S/C13H20N2O4S2/c1-20(16,17)10-4-5-11(12(8-10)21(2,18)19)15-9-13(14)6-3-7-13/h4-5,8,15H,3,6-7,9,14H2,1-2H3. The number of benzene rings is 1. The smallest absolute Gasteiger partial charge is 0.177 e. The SMILES string of the molecule is CS(=O)(=O)c1ccc(NCC2(N)CCC2)c(S(C)(=O)=O)c1. The molecule has 0 saturated heterocycles. The van der Waals surface area contributed by atoms with E-state index in [9.17, 15) is 16.8 Å². The second kappa shape index (κ2) is 5.26. The molecule has 0 radical (unpaired) electrons. The van der Waals surface area contributed by atoms with Crippen LogP contribution in [-0.4, -0.2) is 41.4 Å². The van der Waals surface area contributed by atoms with Gasteiger partial charge in [-0.3, -0.25) is 0 Å². The van der Waals surface area contributed by atoms with Crippen LogP contribution in [0.5, 0.6) is 0 Å². The van der Waals surface area contributed by atoms with E-state index in [-0.39, 0.29) is 15.3 Å². The summed E-state index contributed by atoms with van der Waals surface area (Å²) >= 11 is 0. The molecular formula is C13H20N2O4S2. The van der Waals surface area contributed by atoms with E-state index < -0.39 is 19.7 Å². The van der Waals surface area contributed by atoms with Crippen molar-refractivity contribution in [2.24, 2.45) is 5.73 Å². The van der Waals surface area contributed by atoms with Crippen LogP contribution < -0.4 is 11.1 Å². The molecule has 1 fully saturated rings. The maximum atomic E-state index is 11.9. The van der Waals surface area contributed by atoms with Gasteiger partial charge in [0.25, 0.3) is 0 Å². The highest BCUT2D eigenvalue weighted by Crippen LogP contribution is 2.31. The van der Waals surface area contributed by atoms with Gasteiger partial charge in [0.05, 0.1) is 15.5 Å². The molecule has 118 valence electrons. The zero-order valence-corrected chi connectivity index (χ0v) is 13.7. The molecule has 0 unspecified atom stereocenters. The maximum absolute atomic E-state index is 11.9. The van der Waals surface area contributed by atoms with E-state index in [1.54, 1.807) is 0 Å². The molecule has 0 bridgehead atoms. The van der Waals surface area contributed by atoms with Gasteiger partial charge in [0.1, 0.15) is 0 Å². The lowest BCUT2D eigenvalue weighted by molar-refractivity contribution is 0.265. The van der Waals surface area contributed by atoms with Gasteiger partial charge in [0.15, 0.2) is 19.7 Å². The summed E-state index contributed by atoms with van der Waals surface area (Å²) in [5, 5.41) is 3.04. The van der Waals surface area contributed by atoms with Crippen LogP contribution in [0.15, 0.2) is 28.0 Å². The summed E-state index contributed by atoms with van der Waals surface area (Å²) in [7, 11) is -7.00. The minimum atomic E-state index is -3.54. The number of nitrogens with one attached hydrogen (secondary N) is 1. The van der Waals surface area contributed by atoms with Gasteiger partial charge in [-0.05, 0) is 37.5 Å². The lowest BCUT2D eigenvalue weighted by atomic mass is 9.78. The van der Waals surface area contributed by atoms with E-state index in [0.29, 0.717) is 12.2 Å². The normalized spacial score (nSPS) is 18.0. The minimum Gasteiger partial charge on any atom is -0.382 e. The first-order chi connectivity index (χ1) is 9.51. The van der Waals surface area contributed by atoms with Gasteiger partial charge in [0.2, 0.25) is 0 Å². The lowest BCUT2D eigenvalue weighted by Gasteiger charge is -2.38. The van der Waals surface area contributed by atoms with Crippen molar-refractivity contribution in [3.63, 3.8) is 0 Å². The molecular weight excluding hydrogens is 312 g/mol. The molecule has 1 aliphatic rings. The van der Waals surface area contributed by atoms with E-state index in [1.165, 1.54) is 18.2 Å². The molecule has 2 rings (SSSR count). The van der Waals surface area contributed by atoms with E-state index in [4.69, 9.17) is 5.73 Å². The van der Waals surface area contributed by atoms with Crippen molar-refractivity contribution in [1.82, 2.24) is 0 Å². The number of rotatable bonds is 5. The summed E-state index contributed by atoms with van der Waals surface area (Å²) in [5.74, 6) is 0. The summed E-state index contributed by atoms with van der Waals surface area (Å²) in [4.78, 5) is -0.0343. The van der Waals surface area contributed by atoms with Crippen LogP contribution in [0.2, 0.25) is 0 Å². The highest BCUT2D eigenvalue weighted by atomic mass is 32.2. The molecule has 0 aromatic heterocycles. The maximum Gasteiger partial charge on any atom is 0.177 e. The zero-order valence-electron chi connectivity index (χ0n) is 12.1. The average Bonchev–Trinajstić information content (AvgIpc) is 2.31. The summed E-state index contributed by atoms with van der Waals surface area (Å²) in [6.45, 7) is 0.466. The molecule has 8 heteroatoms. The zero-order chi connectivity index (χ0) is 15.9. The number of nitrogens with two attached hydrogens (primary N) is 1. The van der Waals surface area contributed by atoms with Crippen LogP contribution in [0, 0.1) is 0 Å². The Labute approximate surface area is 125 Å². The van der Waals surface area contributed by atoms with Gasteiger partial charge in [-0.1, -0.05) is 0 Å². The van der Waals surface area contributed by atoms with Crippen molar-refractivity contribution < 1.29 is 16.8 Å². The molecule has 0 amide bonds. The third-order valence-electron chi connectivity index (χ3n) is 3.76. The van der Waals surface area contributed by atoms with Crippen LogP contribution in [-0.2, 0) is 19.7 Å². The fraction of sp³-hybridized carbons (Fsp3) is 0.538. The molecule has 1 aliphatic carbocycles. The fourth-order valence-corrected chi connectivity index (χ4v) is 3.87. The minimum absolute atomic E-state index is 0.0143. The van der Waals surface area contributed by atoms with Gasteiger partial charge in [0, 0.05) is 24.6 Å². The van der Waals surface area contributed by atoms with E-state index in [1.807, 2.05) is 0 Å². The van der Waals surface area contributed by atoms with Crippen molar-refractivity contribution in [2.45, 2.75) is 34.6 Å². The average molecular weight is 332 g/mol. The van der Waals surface area contributed by atoms with Crippen LogP contribution in [0.1, 0.15) is 19.3 Å².